The molecule has 19 heavy (non-hydrogen) atoms. The summed E-state index contributed by atoms with van der Waals surface area (Å²) in [4.78, 5) is 8.35. The minimum absolute atomic E-state index is 0.568. The Labute approximate surface area is 114 Å². The highest BCUT2D eigenvalue weighted by Gasteiger charge is 2.15. The van der Waals surface area contributed by atoms with E-state index < -0.39 is 0 Å². The number of guanidine groups is 1. The van der Waals surface area contributed by atoms with Crippen LogP contribution in [-0.2, 0) is 6.54 Å². The van der Waals surface area contributed by atoms with E-state index in [9.17, 15) is 0 Å². The fraction of sp³-hybridized carbons (Fsp3) is 0.571. The minimum Gasteiger partial charge on any atom is -0.481 e. The zero-order chi connectivity index (χ0) is 13.5. The topological polar surface area (TPSA) is 58.5 Å². The van der Waals surface area contributed by atoms with Crippen LogP contribution in [-0.4, -0.2) is 31.1 Å². The van der Waals surface area contributed by atoms with Gasteiger partial charge in [-0.2, -0.15) is 0 Å². The molecule has 2 rings (SSSR count). The van der Waals surface area contributed by atoms with Crippen molar-refractivity contribution in [3.63, 3.8) is 0 Å². The SMILES string of the molecule is CN=C(NCc1ccnc(OC)c1)NC1CCCC1. The van der Waals surface area contributed by atoms with Gasteiger partial charge in [0.1, 0.15) is 0 Å². The molecule has 1 aromatic heterocycles. The van der Waals surface area contributed by atoms with Gasteiger partial charge in [-0.3, -0.25) is 4.99 Å². The molecule has 1 aliphatic carbocycles. The second kappa shape index (κ2) is 6.97. The summed E-state index contributed by atoms with van der Waals surface area (Å²) >= 11 is 0. The van der Waals surface area contributed by atoms with Crippen molar-refractivity contribution < 1.29 is 4.74 Å². The molecule has 0 radical (unpaired) electrons. The van der Waals surface area contributed by atoms with E-state index in [1.807, 2.05) is 12.1 Å². The van der Waals surface area contributed by atoms with Crippen LogP contribution in [0, 0.1) is 0 Å². The smallest absolute Gasteiger partial charge is 0.213 e. The van der Waals surface area contributed by atoms with E-state index >= 15 is 0 Å². The van der Waals surface area contributed by atoms with Crippen molar-refractivity contribution in [2.24, 2.45) is 4.99 Å². The molecule has 5 nitrogen and oxygen atoms in total. The number of aromatic nitrogens is 1. The van der Waals surface area contributed by atoms with Gasteiger partial charge in [-0.25, -0.2) is 4.98 Å². The highest BCUT2D eigenvalue weighted by Crippen LogP contribution is 2.17. The summed E-state index contributed by atoms with van der Waals surface area (Å²) < 4.78 is 5.11. The number of ether oxygens (including phenoxy) is 1. The Morgan fingerprint density at radius 3 is 2.95 bits per heavy atom. The first-order valence-electron chi connectivity index (χ1n) is 6.78. The number of nitrogens with zero attached hydrogens (tertiary/aromatic N) is 2. The van der Waals surface area contributed by atoms with Gasteiger partial charge in [-0.1, -0.05) is 12.8 Å². The van der Waals surface area contributed by atoms with Gasteiger partial charge >= 0.3 is 0 Å². The van der Waals surface area contributed by atoms with Gasteiger partial charge < -0.3 is 15.4 Å². The summed E-state index contributed by atoms with van der Waals surface area (Å²) in [6, 6.07) is 4.46. The molecule has 0 unspecified atom stereocenters. The van der Waals surface area contributed by atoms with Crippen LogP contribution in [0.15, 0.2) is 23.3 Å². The van der Waals surface area contributed by atoms with Crippen LogP contribution in [0.1, 0.15) is 31.2 Å². The van der Waals surface area contributed by atoms with Crippen LogP contribution in [0.25, 0.3) is 0 Å². The molecule has 0 saturated heterocycles. The fourth-order valence-electron chi connectivity index (χ4n) is 2.32. The van der Waals surface area contributed by atoms with Crippen molar-refractivity contribution in [2.45, 2.75) is 38.3 Å². The van der Waals surface area contributed by atoms with E-state index in [0.717, 1.165) is 11.5 Å². The van der Waals surface area contributed by atoms with Crippen LogP contribution >= 0.6 is 0 Å². The molecule has 1 saturated carbocycles. The first-order valence-corrected chi connectivity index (χ1v) is 6.78. The van der Waals surface area contributed by atoms with Gasteiger partial charge in [0.25, 0.3) is 0 Å². The molecule has 104 valence electrons. The summed E-state index contributed by atoms with van der Waals surface area (Å²) in [6.07, 6.45) is 6.86. The van der Waals surface area contributed by atoms with E-state index in [4.69, 9.17) is 4.74 Å². The number of aliphatic imine (C=N–C) groups is 1. The molecule has 1 heterocycles. The standard InChI is InChI=1S/C14H22N4O/c1-15-14(18-12-5-3-4-6-12)17-10-11-7-8-16-13(9-11)19-2/h7-9,12H,3-6,10H2,1-2H3,(H2,15,17,18). The lowest BCUT2D eigenvalue weighted by molar-refractivity contribution is 0.397. The molecular formula is C14H22N4O. The molecule has 0 atom stereocenters. The first-order chi connectivity index (χ1) is 9.31. The Kier molecular flexibility index (Phi) is 5.01. The third-order valence-electron chi connectivity index (χ3n) is 3.39. The summed E-state index contributed by atoms with van der Waals surface area (Å²) in [5.74, 6) is 1.50. The fourth-order valence-corrected chi connectivity index (χ4v) is 2.32. The number of rotatable bonds is 4. The lowest BCUT2D eigenvalue weighted by atomic mass is 10.2. The average Bonchev–Trinajstić information content (AvgIpc) is 2.96. The number of nitrogens with one attached hydrogen (secondary N) is 2. The number of pyridine rings is 1. The van der Waals surface area contributed by atoms with Gasteiger partial charge in [-0.15, -0.1) is 0 Å². The summed E-state index contributed by atoms with van der Waals surface area (Å²) in [5, 5.41) is 6.78. The van der Waals surface area contributed by atoms with Gasteiger partial charge in [0.05, 0.1) is 7.11 Å². The summed E-state index contributed by atoms with van der Waals surface area (Å²) in [6.45, 7) is 0.714. The van der Waals surface area contributed by atoms with E-state index in [1.165, 1.54) is 25.7 Å². The van der Waals surface area contributed by atoms with Crippen molar-refractivity contribution in [1.82, 2.24) is 15.6 Å². The summed E-state index contributed by atoms with van der Waals surface area (Å²) in [5.41, 5.74) is 1.13. The maximum atomic E-state index is 5.11. The maximum Gasteiger partial charge on any atom is 0.213 e. The van der Waals surface area contributed by atoms with Gasteiger partial charge in [0.15, 0.2) is 5.96 Å². The van der Waals surface area contributed by atoms with Crippen molar-refractivity contribution in [3.8, 4) is 5.88 Å². The molecule has 0 aliphatic heterocycles. The molecule has 0 aromatic carbocycles. The third kappa shape index (κ3) is 4.12. The van der Waals surface area contributed by atoms with Crippen molar-refractivity contribution in [2.75, 3.05) is 14.2 Å². The third-order valence-corrected chi connectivity index (χ3v) is 3.39. The Hall–Kier alpha value is -1.78. The van der Waals surface area contributed by atoms with Gasteiger partial charge in [0.2, 0.25) is 5.88 Å². The van der Waals surface area contributed by atoms with Gasteiger partial charge in [0, 0.05) is 31.9 Å². The second-order valence-corrected chi connectivity index (χ2v) is 4.76. The quantitative estimate of drug-likeness (QED) is 0.640. The zero-order valence-electron chi connectivity index (χ0n) is 11.6. The predicted octanol–water partition coefficient (Wildman–Crippen LogP) is 1.70. The Balaban J connectivity index is 1.84. The predicted molar refractivity (Wildman–Crippen MR) is 76.4 cm³/mol. The Morgan fingerprint density at radius 2 is 2.26 bits per heavy atom. The van der Waals surface area contributed by atoms with Crippen molar-refractivity contribution in [1.29, 1.82) is 0 Å². The first kappa shape index (κ1) is 13.6. The highest BCUT2D eigenvalue weighted by molar-refractivity contribution is 5.79. The Morgan fingerprint density at radius 1 is 1.47 bits per heavy atom. The number of hydrogen-bond acceptors (Lipinski definition) is 3. The second-order valence-electron chi connectivity index (χ2n) is 4.76. The zero-order valence-corrected chi connectivity index (χ0v) is 11.6. The molecule has 1 fully saturated rings. The monoisotopic (exact) mass is 262 g/mol. The molecule has 5 heteroatoms. The van der Waals surface area contributed by atoms with E-state index in [-0.39, 0.29) is 0 Å². The largest absolute Gasteiger partial charge is 0.481 e. The molecule has 0 bridgehead atoms. The lowest BCUT2D eigenvalue weighted by Crippen LogP contribution is -2.41. The van der Waals surface area contributed by atoms with Crippen molar-refractivity contribution in [3.05, 3.63) is 23.9 Å². The summed E-state index contributed by atoms with van der Waals surface area (Å²) in [7, 11) is 3.43. The van der Waals surface area contributed by atoms with Crippen LogP contribution in [0.4, 0.5) is 0 Å². The van der Waals surface area contributed by atoms with Gasteiger partial charge in [-0.05, 0) is 24.5 Å². The van der Waals surface area contributed by atoms with E-state index in [0.29, 0.717) is 18.5 Å². The van der Waals surface area contributed by atoms with Crippen LogP contribution in [0.2, 0.25) is 0 Å². The molecule has 2 N–H and O–H groups in total. The molecule has 0 amide bonds. The van der Waals surface area contributed by atoms with Crippen molar-refractivity contribution >= 4 is 5.96 Å². The molecule has 0 spiro atoms. The highest BCUT2D eigenvalue weighted by atomic mass is 16.5. The maximum absolute atomic E-state index is 5.11. The van der Waals surface area contributed by atoms with Crippen LogP contribution < -0.4 is 15.4 Å². The molecule has 1 aromatic rings. The average molecular weight is 262 g/mol. The van der Waals surface area contributed by atoms with E-state index in [2.05, 4.69) is 20.6 Å². The van der Waals surface area contributed by atoms with E-state index in [1.54, 1.807) is 20.4 Å². The number of hydrogen-bond donors (Lipinski definition) is 2. The molecular weight excluding hydrogens is 240 g/mol. The van der Waals surface area contributed by atoms with Crippen LogP contribution in [0.3, 0.4) is 0 Å². The molecule has 1 aliphatic rings. The number of methoxy groups -OCH3 is 1. The lowest BCUT2D eigenvalue weighted by Gasteiger charge is -2.16. The Bertz CT molecular complexity index is 427. The minimum atomic E-state index is 0.568. The van der Waals surface area contributed by atoms with Crippen LogP contribution in [0.5, 0.6) is 5.88 Å². The normalized spacial score (nSPS) is 16.4.